The second-order valence-corrected chi connectivity index (χ2v) is 3.98. The van der Waals surface area contributed by atoms with Gasteiger partial charge in [-0.1, -0.05) is 11.6 Å². The lowest BCUT2D eigenvalue weighted by Gasteiger charge is -2.16. The van der Waals surface area contributed by atoms with Gasteiger partial charge in [-0.3, -0.25) is 4.79 Å². The van der Waals surface area contributed by atoms with Gasteiger partial charge < -0.3 is 20.9 Å². The van der Waals surface area contributed by atoms with Crippen LogP contribution in [0.2, 0.25) is 5.02 Å². The number of carbonyl (C=O) groups excluding carboxylic acids is 1. The molecule has 1 amide bonds. The van der Waals surface area contributed by atoms with Crippen molar-refractivity contribution < 1.29 is 14.6 Å². The number of hydrogen-bond donors (Lipinski definition) is 3. The van der Waals surface area contributed by atoms with E-state index in [1.54, 1.807) is 12.1 Å². The fourth-order valence-electron chi connectivity index (χ4n) is 1.33. The van der Waals surface area contributed by atoms with Gasteiger partial charge in [0.15, 0.2) is 0 Å². The minimum Gasteiger partial charge on any atom is -0.398 e. The van der Waals surface area contributed by atoms with Crippen molar-refractivity contribution in [2.45, 2.75) is 6.04 Å². The number of aliphatic hydroxyl groups excluding tert-OH is 1. The summed E-state index contributed by atoms with van der Waals surface area (Å²) in [7, 11) is 1.49. The Bertz CT molecular complexity index is 398. The fraction of sp³-hybridized carbons (Fsp3) is 0.364. The Kier molecular flexibility index (Phi) is 5.21. The average molecular weight is 259 g/mol. The lowest BCUT2D eigenvalue weighted by Crippen LogP contribution is -2.40. The second-order valence-electron chi connectivity index (χ2n) is 3.54. The van der Waals surface area contributed by atoms with Crippen molar-refractivity contribution in [3.05, 3.63) is 28.8 Å². The summed E-state index contributed by atoms with van der Waals surface area (Å²) in [6, 6.07) is 4.17. The summed E-state index contributed by atoms with van der Waals surface area (Å²) in [6.07, 6.45) is 0. The number of nitrogens with one attached hydrogen (secondary N) is 1. The first-order valence-corrected chi connectivity index (χ1v) is 5.42. The van der Waals surface area contributed by atoms with Crippen LogP contribution < -0.4 is 11.1 Å². The standard InChI is InChI=1S/C11H15ClN2O3/c1-17-6-8(5-15)14-11(16)9-4-7(12)2-3-10(9)13/h2-4,8,15H,5-6,13H2,1H3,(H,14,16). The first-order chi connectivity index (χ1) is 8.08. The van der Waals surface area contributed by atoms with Gasteiger partial charge in [0.05, 0.1) is 24.8 Å². The van der Waals surface area contributed by atoms with Crippen molar-refractivity contribution in [3.63, 3.8) is 0 Å². The van der Waals surface area contributed by atoms with Gasteiger partial charge in [-0.05, 0) is 18.2 Å². The highest BCUT2D eigenvalue weighted by molar-refractivity contribution is 6.31. The van der Waals surface area contributed by atoms with Crippen LogP contribution in [-0.4, -0.2) is 37.4 Å². The first-order valence-electron chi connectivity index (χ1n) is 5.04. The molecule has 6 heteroatoms. The third kappa shape index (κ3) is 3.89. The fourth-order valence-corrected chi connectivity index (χ4v) is 1.50. The molecule has 17 heavy (non-hydrogen) atoms. The van der Waals surface area contributed by atoms with E-state index in [-0.39, 0.29) is 24.7 Å². The van der Waals surface area contributed by atoms with Gasteiger partial charge in [0.2, 0.25) is 0 Å². The lowest BCUT2D eigenvalue weighted by atomic mass is 10.1. The van der Waals surface area contributed by atoms with Crippen molar-refractivity contribution >= 4 is 23.2 Å². The summed E-state index contributed by atoms with van der Waals surface area (Å²) in [6.45, 7) is 0.0166. The molecule has 1 atom stereocenters. The van der Waals surface area contributed by atoms with Gasteiger partial charge in [0, 0.05) is 17.8 Å². The average Bonchev–Trinajstić information content (AvgIpc) is 2.31. The predicted molar refractivity (Wildman–Crippen MR) is 66.1 cm³/mol. The third-order valence-corrected chi connectivity index (χ3v) is 2.42. The number of rotatable bonds is 5. The smallest absolute Gasteiger partial charge is 0.253 e. The predicted octanol–water partition coefficient (Wildman–Crippen LogP) is 0.659. The summed E-state index contributed by atoms with van der Waals surface area (Å²) in [5.41, 5.74) is 6.29. The van der Waals surface area contributed by atoms with Crippen molar-refractivity contribution in [1.82, 2.24) is 5.32 Å². The molecule has 0 aliphatic carbocycles. The molecule has 0 aromatic heterocycles. The van der Waals surface area contributed by atoms with Gasteiger partial charge in [-0.25, -0.2) is 0 Å². The second kappa shape index (κ2) is 6.44. The van der Waals surface area contributed by atoms with E-state index in [4.69, 9.17) is 27.2 Å². The van der Waals surface area contributed by atoms with Crippen LogP contribution in [0.4, 0.5) is 5.69 Å². The van der Waals surface area contributed by atoms with E-state index >= 15 is 0 Å². The molecule has 1 rings (SSSR count). The summed E-state index contributed by atoms with van der Waals surface area (Å²) in [5, 5.41) is 12.1. The number of carbonyl (C=O) groups is 1. The minimum atomic E-state index is -0.467. The largest absolute Gasteiger partial charge is 0.398 e. The highest BCUT2D eigenvalue weighted by atomic mass is 35.5. The van der Waals surface area contributed by atoms with E-state index in [9.17, 15) is 4.79 Å². The number of nitrogens with two attached hydrogens (primary N) is 1. The zero-order valence-corrected chi connectivity index (χ0v) is 10.2. The zero-order chi connectivity index (χ0) is 12.8. The van der Waals surface area contributed by atoms with Crippen LogP contribution in [0.1, 0.15) is 10.4 Å². The van der Waals surface area contributed by atoms with Crippen molar-refractivity contribution in [2.75, 3.05) is 26.1 Å². The highest BCUT2D eigenvalue weighted by Crippen LogP contribution is 2.17. The SMILES string of the molecule is COCC(CO)NC(=O)c1cc(Cl)ccc1N. The van der Waals surface area contributed by atoms with Crippen molar-refractivity contribution in [1.29, 1.82) is 0 Å². The quantitative estimate of drug-likeness (QED) is 0.678. The maximum atomic E-state index is 11.8. The van der Waals surface area contributed by atoms with Crippen LogP contribution in [0.15, 0.2) is 18.2 Å². The molecule has 0 aliphatic rings. The molecule has 1 aromatic rings. The number of halogens is 1. The molecule has 1 aromatic carbocycles. The van der Waals surface area contributed by atoms with Gasteiger partial charge in [0.1, 0.15) is 0 Å². The van der Waals surface area contributed by atoms with Crippen LogP contribution in [0.5, 0.6) is 0 Å². The van der Waals surface area contributed by atoms with E-state index in [0.717, 1.165) is 0 Å². The molecule has 94 valence electrons. The van der Waals surface area contributed by atoms with Crippen LogP contribution in [0.25, 0.3) is 0 Å². The first kappa shape index (κ1) is 13.8. The van der Waals surface area contributed by atoms with Gasteiger partial charge in [0.25, 0.3) is 5.91 Å². The number of aliphatic hydroxyl groups is 1. The number of hydrogen-bond acceptors (Lipinski definition) is 4. The number of nitrogen functional groups attached to an aromatic ring is 1. The Morgan fingerprint density at radius 2 is 2.35 bits per heavy atom. The zero-order valence-electron chi connectivity index (χ0n) is 9.44. The summed E-state index contributed by atoms with van der Waals surface area (Å²) < 4.78 is 4.85. The maximum Gasteiger partial charge on any atom is 0.253 e. The Labute approximate surface area is 105 Å². The molecule has 0 heterocycles. The van der Waals surface area contributed by atoms with Gasteiger partial charge in [-0.2, -0.15) is 0 Å². The number of ether oxygens (including phenoxy) is 1. The van der Waals surface area contributed by atoms with Crippen LogP contribution in [-0.2, 0) is 4.74 Å². The molecule has 0 saturated carbocycles. The number of anilines is 1. The maximum absolute atomic E-state index is 11.8. The highest BCUT2D eigenvalue weighted by Gasteiger charge is 2.15. The number of methoxy groups -OCH3 is 1. The van der Waals surface area contributed by atoms with Crippen molar-refractivity contribution in [2.24, 2.45) is 0 Å². The lowest BCUT2D eigenvalue weighted by molar-refractivity contribution is 0.0840. The summed E-state index contributed by atoms with van der Waals surface area (Å²) in [4.78, 5) is 11.8. The third-order valence-electron chi connectivity index (χ3n) is 2.18. The van der Waals surface area contributed by atoms with Crippen molar-refractivity contribution in [3.8, 4) is 0 Å². The van der Waals surface area contributed by atoms with E-state index in [2.05, 4.69) is 5.32 Å². The Hall–Kier alpha value is -1.30. The monoisotopic (exact) mass is 258 g/mol. The minimum absolute atomic E-state index is 0.208. The molecule has 0 spiro atoms. The normalized spacial score (nSPS) is 12.2. The molecule has 4 N–H and O–H groups in total. The molecule has 0 bridgehead atoms. The Morgan fingerprint density at radius 3 is 2.94 bits per heavy atom. The van der Waals surface area contributed by atoms with Crippen LogP contribution >= 0.6 is 11.6 Å². The molecule has 1 unspecified atom stereocenters. The molecular weight excluding hydrogens is 244 g/mol. The molecular formula is C11H15ClN2O3. The van der Waals surface area contributed by atoms with E-state index in [1.807, 2.05) is 0 Å². The molecule has 0 fully saturated rings. The summed E-state index contributed by atoms with van der Waals surface area (Å²) in [5.74, 6) is -0.388. The summed E-state index contributed by atoms with van der Waals surface area (Å²) >= 11 is 5.78. The van der Waals surface area contributed by atoms with E-state index in [0.29, 0.717) is 10.7 Å². The van der Waals surface area contributed by atoms with Gasteiger partial charge >= 0.3 is 0 Å². The number of benzene rings is 1. The van der Waals surface area contributed by atoms with Crippen LogP contribution in [0.3, 0.4) is 0 Å². The Balaban J connectivity index is 2.78. The molecule has 0 aliphatic heterocycles. The van der Waals surface area contributed by atoms with E-state index in [1.165, 1.54) is 13.2 Å². The topological polar surface area (TPSA) is 84.6 Å². The molecule has 0 radical (unpaired) electrons. The Morgan fingerprint density at radius 1 is 1.65 bits per heavy atom. The van der Waals surface area contributed by atoms with Gasteiger partial charge in [-0.15, -0.1) is 0 Å². The molecule has 5 nitrogen and oxygen atoms in total. The molecule has 0 saturated heterocycles. The number of amides is 1. The van der Waals surface area contributed by atoms with E-state index < -0.39 is 6.04 Å². The van der Waals surface area contributed by atoms with Crippen LogP contribution in [0, 0.1) is 0 Å².